The number of hydrogen-bond donors (Lipinski definition) is 1. The summed E-state index contributed by atoms with van der Waals surface area (Å²) in [6.45, 7) is 0. The van der Waals surface area contributed by atoms with Crippen LogP contribution < -0.4 is 5.32 Å². The molecule has 2 heteroatoms. The quantitative estimate of drug-likeness (QED) is 0.275. The number of fused-ring (bicyclic) bond motifs is 4. The minimum absolute atomic E-state index is 1.13. The molecule has 0 radical (unpaired) electrons. The Bertz CT molecular complexity index is 1710. The Morgan fingerprint density at radius 2 is 1.33 bits per heavy atom. The molecule has 0 saturated heterocycles. The fourth-order valence-corrected chi connectivity index (χ4v) is 5.84. The van der Waals surface area contributed by atoms with Crippen LogP contribution in [0.4, 0.5) is 11.4 Å². The van der Waals surface area contributed by atoms with Crippen LogP contribution in [0.2, 0.25) is 0 Å². The first-order valence-electron chi connectivity index (χ1n) is 12.9. The third-order valence-corrected chi connectivity index (χ3v) is 7.56. The summed E-state index contributed by atoms with van der Waals surface area (Å²) in [5.41, 5.74) is 11.4. The van der Waals surface area contributed by atoms with Crippen LogP contribution >= 0.6 is 0 Å². The van der Waals surface area contributed by atoms with Crippen molar-refractivity contribution in [3.63, 3.8) is 0 Å². The first-order chi connectivity index (χ1) is 17.8. The first kappa shape index (κ1) is 21.0. The SMILES string of the molecule is c1ccc(-c2cccc(-n3c4ccccc4c4ccc(Nc5cccc6c5CCCC6)cc43)c2)cc1. The van der Waals surface area contributed by atoms with Gasteiger partial charge in [0.15, 0.2) is 0 Å². The highest BCUT2D eigenvalue weighted by Crippen LogP contribution is 2.36. The summed E-state index contributed by atoms with van der Waals surface area (Å²) in [5, 5.41) is 6.32. The van der Waals surface area contributed by atoms with Gasteiger partial charge >= 0.3 is 0 Å². The molecule has 174 valence electrons. The van der Waals surface area contributed by atoms with Gasteiger partial charge < -0.3 is 9.88 Å². The molecular formula is C34H28N2. The van der Waals surface area contributed by atoms with Gasteiger partial charge in [0.25, 0.3) is 0 Å². The van der Waals surface area contributed by atoms with E-state index in [1.54, 1.807) is 0 Å². The fraction of sp³-hybridized carbons (Fsp3) is 0.118. The molecule has 1 heterocycles. The number of anilines is 2. The number of benzene rings is 5. The van der Waals surface area contributed by atoms with Crippen LogP contribution in [-0.4, -0.2) is 4.57 Å². The highest BCUT2D eigenvalue weighted by atomic mass is 15.0. The zero-order valence-electron chi connectivity index (χ0n) is 20.2. The topological polar surface area (TPSA) is 17.0 Å². The van der Waals surface area contributed by atoms with Crippen molar-refractivity contribution in [3.05, 3.63) is 126 Å². The highest BCUT2D eigenvalue weighted by molar-refractivity contribution is 6.10. The molecule has 36 heavy (non-hydrogen) atoms. The van der Waals surface area contributed by atoms with Crippen molar-refractivity contribution >= 4 is 33.2 Å². The number of aromatic nitrogens is 1. The van der Waals surface area contributed by atoms with Crippen LogP contribution in [0.1, 0.15) is 24.0 Å². The van der Waals surface area contributed by atoms with Gasteiger partial charge in [0.2, 0.25) is 0 Å². The molecule has 0 bridgehead atoms. The summed E-state index contributed by atoms with van der Waals surface area (Å²) >= 11 is 0. The summed E-state index contributed by atoms with van der Waals surface area (Å²) < 4.78 is 2.41. The monoisotopic (exact) mass is 464 g/mol. The van der Waals surface area contributed by atoms with Gasteiger partial charge in [-0.25, -0.2) is 0 Å². The first-order valence-corrected chi connectivity index (χ1v) is 12.9. The lowest BCUT2D eigenvalue weighted by Gasteiger charge is -2.20. The maximum Gasteiger partial charge on any atom is 0.0561 e. The van der Waals surface area contributed by atoms with E-state index in [1.165, 1.54) is 74.7 Å². The van der Waals surface area contributed by atoms with Gasteiger partial charge in [-0.3, -0.25) is 0 Å². The minimum atomic E-state index is 1.13. The largest absolute Gasteiger partial charge is 0.355 e. The van der Waals surface area contributed by atoms with Crippen molar-refractivity contribution in [2.75, 3.05) is 5.32 Å². The standard InChI is InChI=1S/C34H28N2/c1-2-10-24(11-3-1)26-14-8-15-28(22-26)36-33-19-7-6-17-30(33)31-21-20-27(23-34(31)36)35-32-18-9-13-25-12-4-5-16-29(25)32/h1-3,6-11,13-15,17-23,35H,4-5,12,16H2. The van der Waals surface area contributed by atoms with E-state index in [-0.39, 0.29) is 0 Å². The molecule has 7 rings (SSSR count). The summed E-state index contributed by atoms with van der Waals surface area (Å²) in [7, 11) is 0. The van der Waals surface area contributed by atoms with E-state index >= 15 is 0 Å². The number of nitrogens with one attached hydrogen (secondary N) is 1. The average Bonchev–Trinajstić information content (AvgIpc) is 3.27. The lowest BCUT2D eigenvalue weighted by Crippen LogP contribution is -2.06. The van der Waals surface area contributed by atoms with E-state index in [4.69, 9.17) is 0 Å². The van der Waals surface area contributed by atoms with E-state index in [2.05, 4.69) is 125 Å². The molecule has 5 aromatic carbocycles. The Hall–Kier alpha value is -4.30. The van der Waals surface area contributed by atoms with Crippen LogP contribution in [0.25, 0.3) is 38.6 Å². The molecule has 0 fully saturated rings. The fourth-order valence-electron chi connectivity index (χ4n) is 5.84. The minimum Gasteiger partial charge on any atom is -0.355 e. The van der Waals surface area contributed by atoms with Crippen LogP contribution in [0.15, 0.2) is 115 Å². The van der Waals surface area contributed by atoms with Crippen molar-refractivity contribution in [2.45, 2.75) is 25.7 Å². The summed E-state index contributed by atoms with van der Waals surface area (Å²) in [5.74, 6) is 0. The van der Waals surface area contributed by atoms with Crippen LogP contribution in [0.3, 0.4) is 0 Å². The predicted molar refractivity (Wildman–Crippen MR) is 153 cm³/mol. The van der Waals surface area contributed by atoms with E-state index in [0.29, 0.717) is 0 Å². The van der Waals surface area contributed by atoms with Crippen molar-refractivity contribution in [1.29, 1.82) is 0 Å². The predicted octanol–water partition coefficient (Wildman–Crippen LogP) is 9.07. The highest BCUT2D eigenvalue weighted by Gasteiger charge is 2.15. The molecule has 0 atom stereocenters. The molecule has 6 aromatic rings. The molecule has 1 aromatic heterocycles. The summed E-state index contributed by atoms with van der Waals surface area (Å²) in [6.07, 6.45) is 4.92. The van der Waals surface area contributed by atoms with E-state index < -0.39 is 0 Å². The Balaban J connectivity index is 1.39. The molecule has 0 aliphatic heterocycles. The van der Waals surface area contributed by atoms with Crippen LogP contribution in [-0.2, 0) is 12.8 Å². The van der Waals surface area contributed by atoms with Gasteiger partial charge in [-0.2, -0.15) is 0 Å². The Labute approximate surface area is 211 Å². The lowest BCUT2D eigenvalue weighted by molar-refractivity contribution is 0.687. The van der Waals surface area contributed by atoms with Gasteiger partial charge in [-0.1, -0.05) is 78.9 Å². The maximum atomic E-state index is 3.77. The Kier molecular flexibility index (Phi) is 5.10. The molecular weight excluding hydrogens is 436 g/mol. The lowest BCUT2D eigenvalue weighted by atomic mass is 9.90. The van der Waals surface area contributed by atoms with Crippen molar-refractivity contribution in [1.82, 2.24) is 4.57 Å². The van der Waals surface area contributed by atoms with Crippen LogP contribution in [0.5, 0.6) is 0 Å². The second-order valence-electron chi connectivity index (χ2n) is 9.78. The van der Waals surface area contributed by atoms with Crippen molar-refractivity contribution < 1.29 is 0 Å². The van der Waals surface area contributed by atoms with Crippen molar-refractivity contribution in [2.24, 2.45) is 0 Å². The molecule has 2 nitrogen and oxygen atoms in total. The van der Waals surface area contributed by atoms with Gasteiger partial charge in [0.1, 0.15) is 0 Å². The second kappa shape index (κ2) is 8.73. The summed E-state index contributed by atoms with van der Waals surface area (Å²) in [4.78, 5) is 0. The van der Waals surface area contributed by atoms with Crippen molar-refractivity contribution in [3.8, 4) is 16.8 Å². The molecule has 0 saturated carbocycles. The maximum absolute atomic E-state index is 3.77. The Morgan fingerprint density at radius 3 is 2.28 bits per heavy atom. The van der Waals surface area contributed by atoms with E-state index in [9.17, 15) is 0 Å². The van der Waals surface area contributed by atoms with Gasteiger partial charge in [-0.05, 0) is 84.3 Å². The average molecular weight is 465 g/mol. The van der Waals surface area contributed by atoms with Gasteiger partial charge in [0, 0.05) is 27.8 Å². The van der Waals surface area contributed by atoms with Gasteiger partial charge in [0.05, 0.1) is 11.0 Å². The zero-order chi connectivity index (χ0) is 23.9. The number of hydrogen-bond acceptors (Lipinski definition) is 1. The zero-order valence-corrected chi connectivity index (χ0v) is 20.2. The number of nitrogens with zero attached hydrogens (tertiary/aromatic N) is 1. The summed E-state index contributed by atoms with van der Waals surface area (Å²) in [6, 6.07) is 41.7. The third-order valence-electron chi connectivity index (χ3n) is 7.56. The molecule has 1 aliphatic carbocycles. The second-order valence-corrected chi connectivity index (χ2v) is 9.78. The van der Waals surface area contributed by atoms with Gasteiger partial charge in [-0.15, -0.1) is 0 Å². The molecule has 0 amide bonds. The number of aryl methyl sites for hydroxylation is 1. The van der Waals surface area contributed by atoms with E-state index in [1.807, 2.05) is 0 Å². The smallest absolute Gasteiger partial charge is 0.0561 e. The molecule has 0 spiro atoms. The molecule has 1 N–H and O–H groups in total. The van der Waals surface area contributed by atoms with Crippen LogP contribution in [0, 0.1) is 0 Å². The third kappa shape index (κ3) is 3.58. The Morgan fingerprint density at radius 1 is 0.556 bits per heavy atom. The van der Waals surface area contributed by atoms with E-state index in [0.717, 1.165) is 12.1 Å². The number of para-hydroxylation sites is 1. The molecule has 0 unspecified atom stereocenters. The molecule has 1 aliphatic rings. The number of rotatable bonds is 4. The normalized spacial score (nSPS) is 13.1.